The number of carbonyl (C=O) groups is 2. The second-order valence-corrected chi connectivity index (χ2v) is 5.91. The average molecular weight is 280 g/mol. The first-order valence-electron chi connectivity index (χ1n) is 6.82. The third-order valence-corrected chi connectivity index (χ3v) is 4.29. The molecule has 2 amide bonds. The van der Waals surface area contributed by atoms with Gasteiger partial charge in [0.25, 0.3) is 0 Å². The summed E-state index contributed by atoms with van der Waals surface area (Å²) in [6.07, 6.45) is 4.65. The maximum atomic E-state index is 11.7. The van der Waals surface area contributed by atoms with Gasteiger partial charge in [-0.05, 0) is 24.3 Å². The summed E-state index contributed by atoms with van der Waals surface area (Å²) >= 11 is 1.63. The van der Waals surface area contributed by atoms with E-state index < -0.39 is 0 Å². The van der Waals surface area contributed by atoms with Gasteiger partial charge in [-0.3, -0.25) is 9.59 Å². The molecule has 1 aliphatic rings. The molecule has 4 nitrogen and oxygen atoms in total. The molecular weight excluding hydrogens is 260 g/mol. The summed E-state index contributed by atoms with van der Waals surface area (Å²) in [5.74, 6) is 0.276. The Morgan fingerprint density at radius 3 is 2.74 bits per heavy atom. The highest BCUT2D eigenvalue weighted by atomic mass is 32.1. The summed E-state index contributed by atoms with van der Waals surface area (Å²) in [4.78, 5) is 24.5. The first-order valence-corrected chi connectivity index (χ1v) is 7.70. The van der Waals surface area contributed by atoms with E-state index in [0.29, 0.717) is 19.5 Å². The normalized spacial score (nSPS) is 15.4. The number of rotatable bonds is 6. The molecule has 0 saturated heterocycles. The van der Waals surface area contributed by atoms with Gasteiger partial charge in [0.1, 0.15) is 0 Å². The molecule has 1 heterocycles. The second kappa shape index (κ2) is 7.28. The number of amides is 2. The molecule has 1 aliphatic carbocycles. The standard InChI is InChI=1S/C14H20N2O2S/c17-13(16-10-12-6-3-9-19-12)7-8-15-14(18)11-4-1-2-5-11/h3,6,9,11H,1-2,4-5,7-8,10H2,(H,15,18)(H,16,17). The summed E-state index contributed by atoms with van der Waals surface area (Å²) in [5.41, 5.74) is 0. The molecule has 2 rings (SSSR count). The molecular formula is C14H20N2O2S. The molecule has 0 aliphatic heterocycles. The fraction of sp³-hybridized carbons (Fsp3) is 0.571. The number of carbonyl (C=O) groups excluding carboxylic acids is 2. The van der Waals surface area contributed by atoms with Gasteiger partial charge in [-0.15, -0.1) is 11.3 Å². The highest BCUT2D eigenvalue weighted by molar-refractivity contribution is 7.09. The van der Waals surface area contributed by atoms with Gasteiger partial charge in [-0.1, -0.05) is 18.9 Å². The molecule has 0 aromatic carbocycles. The topological polar surface area (TPSA) is 58.2 Å². The van der Waals surface area contributed by atoms with E-state index in [-0.39, 0.29) is 17.7 Å². The Kier molecular flexibility index (Phi) is 5.39. The van der Waals surface area contributed by atoms with Gasteiger partial charge in [0.05, 0.1) is 6.54 Å². The maximum Gasteiger partial charge on any atom is 0.223 e. The first kappa shape index (κ1) is 14.1. The minimum Gasteiger partial charge on any atom is -0.355 e. The Bertz CT molecular complexity index is 411. The number of thiophene rings is 1. The van der Waals surface area contributed by atoms with E-state index in [4.69, 9.17) is 0 Å². The molecule has 0 bridgehead atoms. The van der Waals surface area contributed by atoms with Crippen LogP contribution in [0.3, 0.4) is 0 Å². The van der Waals surface area contributed by atoms with Crippen molar-refractivity contribution in [1.82, 2.24) is 10.6 Å². The molecule has 0 unspecified atom stereocenters. The Labute approximate surface area is 117 Å². The molecule has 1 fully saturated rings. The Hall–Kier alpha value is -1.36. The van der Waals surface area contributed by atoms with Crippen molar-refractivity contribution >= 4 is 23.2 Å². The second-order valence-electron chi connectivity index (χ2n) is 4.88. The molecule has 0 spiro atoms. The van der Waals surface area contributed by atoms with Crippen LogP contribution in [0.15, 0.2) is 17.5 Å². The number of nitrogens with one attached hydrogen (secondary N) is 2. The van der Waals surface area contributed by atoms with E-state index in [2.05, 4.69) is 10.6 Å². The van der Waals surface area contributed by atoms with Crippen LogP contribution >= 0.6 is 11.3 Å². The van der Waals surface area contributed by atoms with Crippen molar-refractivity contribution in [2.75, 3.05) is 6.54 Å². The molecule has 19 heavy (non-hydrogen) atoms. The van der Waals surface area contributed by atoms with E-state index in [1.54, 1.807) is 11.3 Å². The third-order valence-electron chi connectivity index (χ3n) is 3.42. The highest BCUT2D eigenvalue weighted by Gasteiger charge is 2.22. The summed E-state index contributed by atoms with van der Waals surface area (Å²) < 4.78 is 0. The molecule has 104 valence electrons. The monoisotopic (exact) mass is 280 g/mol. The van der Waals surface area contributed by atoms with Crippen molar-refractivity contribution in [3.63, 3.8) is 0 Å². The van der Waals surface area contributed by atoms with Crippen LogP contribution in [-0.2, 0) is 16.1 Å². The largest absolute Gasteiger partial charge is 0.355 e. The lowest BCUT2D eigenvalue weighted by Crippen LogP contribution is -2.33. The minimum atomic E-state index is -0.0138. The number of hydrogen-bond acceptors (Lipinski definition) is 3. The zero-order chi connectivity index (χ0) is 13.5. The predicted molar refractivity (Wildman–Crippen MR) is 75.8 cm³/mol. The van der Waals surface area contributed by atoms with E-state index in [0.717, 1.165) is 30.6 Å². The van der Waals surface area contributed by atoms with Crippen LogP contribution in [0.1, 0.15) is 37.0 Å². The zero-order valence-electron chi connectivity index (χ0n) is 11.0. The van der Waals surface area contributed by atoms with Gasteiger partial charge in [-0.2, -0.15) is 0 Å². The number of hydrogen-bond donors (Lipinski definition) is 2. The fourth-order valence-electron chi connectivity index (χ4n) is 2.32. The van der Waals surface area contributed by atoms with Crippen LogP contribution in [0.2, 0.25) is 0 Å². The van der Waals surface area contributed by atoms with Gasteiger partial charge < -0.3 is 10.6 Å². The van der Waals surface area contributed by atoms with E-state index >= 15 is 0 Å². The van der Waals surface area contributed by atoms with Crippen molar-refractivity contribution < 1.29 is 9.59 Å². The molecule has 5 heteroatoms. The van der Waals surface area contributed by atoms with Gasteiger partial charge in [-0.25, -0.2) is 0 Å². The smallest absolute Gasteiger partial charge is 0.223 e. The lowest BCUT2D eigenvalue weighted by molar-refractivity contribution is -0.125. The van der Waals surface area contributed by atoms with Crippen LogP contribution in [0.25, 0.3) is 0 Å². The van der Waals surface area contributed by atoms with E-state index in [1.807, 2.05) is 17.5 Å². The van der Waals surface area contributed by atoms with Crippen LogP contribution in [0.4, 0.5) is 0 Å². The molecule has 1 aromatic heterocycles. The Balaban J connectivity index is 1.57. The van der Waals surface area contributed by atoms with Crippen molar-refractivity contribution in [1.29, 1.82) is 0 Å². The third kappa shape index (κ3) is 4.67. The Morgan fingerprint density at radius 2 is 2.05 bits per heavy atom. The lowest BCUT2D eigenvalue weighted by atomic mass is 10.1. The van der Waals surface area contributed by atoms with E-state index in [1.165, 1.54) is 0 Å². The molecule has 2 N–H and O–H groups in total. The molecule has 0 radical (unpaired) electrons. The van der Waals surface area contributed by atoms with Crippen LogP contribution in [0.5, 0.6) is 0 Å². The average Bonchev–Trinajstić information content (AvgIpc) is 3.09. The lowest BCUT2D eigenvalue weighted by Gasteiger charge is -2.10. The van der Waals surface area contributed by atoms with Crippen LogP contribution in [-0.4, -0.2) is 18.4 Å². The van der Waals surface area contributed by atoms with Gasteiger partial charge >= 0.3 is 0 Å². The minimum absolute atomic E-state index is 0.0138. The van der Waals surface area contributed by atoms with Crippen LogP contribution < -0.4 is 10.6 Å². The van der Waals surface area contributed by atoms with Gasteiger partial charge in [0, 0.05) is 23.8 Å². The maximum absolute atomic E-state index is 11.7. The van der Waals surface area contributed by atoms with Crippen molar-refractivity contribution in [2.24, 2.45) is 5.92 Å². The summed E-state index contributed by atoms with van der Waals surface area (Å²) in [6, 6.07) is 3.96. The summed E-state index contributed by atoms with van der Waals surface area (Å²) in [6.45, 7) is 1.01. The summed E-state index contributed by atoms with van der Waals surface area (Å²) in [5, 5.41) is 7.69. The predicted octanol–water partition coefficient (Wildman–Crippen LogP) is 2.06. The molecule has 1 saturated carbocycles. The quantitative estimate of drug-likeness (QED) is 0.838. The van der Waals surface area contributed by atoms with E-state index in [9.17, 15) is 9.59 Å². The molecule has 1 aromatic rings. The zero-order valence-corrected chi connectivity index (χ0v) is 11.8. The van der Waals surface area contributed by atoms with Crippen molar-refractivity contribution in [3.05, 3.63) is 22.4 Å². The fourth-order valence-corrected chi connectivity index (χ4v) is 2.96. The van der Waals surface area contributed by atoms with Crippen molar-refractivity contribution in [3.8, 4) is 0 Å². The summed E-state index contributed by atoms with van der Waals surface area (Å²) in [7, 11) is 0. The van der Waals surface area contributed by atoms with Gasteiger partial charge in [0.2, 0.25) is 11.8 Å². The highest BCUT2D eigenvalue weighted by Crippen LogP contribution is 2.24. The van der Waals surface area contributed by atoms with Crippen molar-refractivity contribution in [2.45, 2.75) is 38.6 Å². The molecule has 0 atom stereocenters. The SMILES string of the molecule is O=C(CCNC(=O)C1CCCC1)NCc1cccs1. The Morgan fingerprint density at radius 1 is 1.26 bits per heavy atom. The van der Waals surface area contributed by atoms with Gasteiger partial charge in [0.15, 0.2) is 0 Å². The van der Waals surface area contributed by atoms with Crippen LogP contribution in [0, 0.1) is 5.92 Å². The first-order chi connectivity index (χ1) is 9.25.